The molecule has 1 aliphatic carbocycles. The van der Waals surface area contributed by atoms with Crippen molar-refractivity contribution in [1.29, 1.82) is 0 Å². The molecular weight excluding hydrogens is 146 g/mol. The maximum atomic E-state index is 2.40. The maximum absolute atomic E-state index is 2.40. The third kappa shape index (κ3) is 1.67. The molecule has 1 atom stereocenters. The van der Waals surface area contributed by atoms with Gasteiger partial charge in [-0.1, -0.05) is 36.0 Å². The average molecular weight is 161 g/mol. The predicted octanol–water partition coefficient (Wildman–Crippen LogP) is 1.99. The standard InChI is InChI=1S/C11H15N/c1-12-7-6-10-4-2-3-5-11(8-10)9-12/h2-5,8,11H,6-7,9H2,1H3. The number of fused-ring (bicyclic) bond motifs is 1. The lowest BCUT2D eigenvalue weighted by molar-refractivity contribution is 0.331. The molecule has 2 rings (SSSR count). The van der Waals surface area contributed by atoms with Crippen molar-refractivity contribution in [2.24, 2.45) is 5.92 Å². The predicted molar refractivity (Wildman–Crippen MR) is 52.0 cm³/mol. The molecule has 1 unspecified atom stereocenters. The number of rotatable bonds is 0. The summed E-state index contributed by atoms with van der Waals surface area (Å²) in [6.07, 6.45) is 12.4. The molecule has 1 heteroatoms. The third-order valence-corrected chi connectivity index (χ3v) is 2.51. The van der Waals surface area contributed by atoms with Gasteiger partial charge < -0.3 is 4.90 Å². The van der Waals surface area contributed by atoms with Crippen LogP contribution >= 0.6 is 0 Å². The first-order chi connectivity index (χ1) is 5.84. The molecular formula is C11H15N. The molecule has 2 bridgehead atoms. The smallest absolute Gasteiger partial charge is 0.00830 e. The van der Waals surface area contributed by atoms with Gasteiger partial charge in [-0.15, -0.1) is 0 Å². The third-order valence-electron chi connectivity index (χ3n) is 2.51. The normalized spacial score (nSPS) is 29.4. The van der Waals surface area contributed by atoms with Crippen molar-refractivity contribution < 1.29 is 0 Å². The van der Waals surface area contributed by atoms with Crippen LogP contribution < -0.4 is 0 Å². The number of hydrogen-bond acceptors (Lipinski definition) is 1. The average Bonchev–Trinajstić information content (AvgIpc) is 2.35. The number of allylic oxidation sites excluding steroid dienone is 3. The van der Waals surface area contributed by atoms with Crippen LogP contribution in [0.1, 0.15) is 6.42 Å². The zero-order chi connectivity index (χ0) is 8.39. The Morgan fingerprint density at radius 3 is 3.25 bits per heavy atom. The zero-order valence-corrected chi connectivity index (χ0v) is 7.53. The highest BCUT2D eigenvalue weighted by molar-refractivity contribution is 5.29. The second-order valence-electron chi connectivity index (χ2n) is 3.66. The van der Waals surface area contributed by atoms with E-state index in [1.165, 1.54) is 25.1 Å². The van der Waals surface area contributed by atoms with Crippen molar-refractivity contribution in [1.82, 2.24) is 4.90 Å². The first-order valence-corrected chi connectivity index (χ1v) is 4.59. The lowest BCUT2D eigenvalue weighted by Crippen LogP contribution is -2.23. The Morgan fingerprint density at radius 2 is 2.33 bits per heavy atom. The zero-order valence-electron chi connectivity index (χ0n) is 7.53. The molecule has 1 heterocycles. The van der Waals surface area contributed by atoms with E-state index in [1.54, 1.807) is 0 Å². The molecule has 0 aromatic rings. The molecule has 0 N–H and O–H groups in total. The van der Waals surface area contributed by atoms with Gasteiger partial charge in [0.2, 0.25) is 0 Å². The fourth-order valence-corrected chi connectivity index (χ4v) is 1.82. The summed E-state index contributed by atoms with van der Waals surface area (Å²) in [5.41, 5.74) is 1.49. The van der Waals surface area contributed by atoms with Crippen molar-refractivity contribution in [2.75, 3.05) is 20.1 Å². The highest BCUT2D eigenvalue weighted by Gasteiger charge is 2.12. The van der Waals surface area contributed by atoms with Gasteiger partial charge >= 0.3 is 0 Å². The summed E-state index contributed by atoms with van der Waals surface area (Å²) < 4.78 is 0. The summed E-state index contributed by atoms with van der Waals surface area (Å²) >= 11 is 0. The van der Waals surface area contributed by atoms with Crippen molar-refractivity contribution in [3.8, 4) is 0 Å². The van der Waals surface area contributed by atoms with Gasteiger partial charge in [0.25, 0.3) is 0 Å². The van der Waals surface area contributed by atoms with Gasteiger partial charge in [0.1, 0.15) is 0 Å². The van der Waals surface area contributed by atoms with Crippen LogP contribution in [0.2, 0.25) is 0 Å². The lowest BCUT2D eigenvalue weighted by Gasteiger charge is -2.16. The summed E-state index contributed by atoms with van der Waals surface area (Å²) in [7, 11) is 2.20. The van der Waals surface area contributed by atoms with E-state index < -0.39 is 0 Å². The van der Waals surface area contributed by atoms with Gasteiger partial charge in [-0.2, -0.15) is 0 Å². The Bertz CT molecular complexity index is 248. The van der Waals surface area contributed by atoms with Crippen LogP contribution in [-0.4, -0.2) is 25.0 Å². The van der Waals surface area contributed by atoms with Crippen LogP contribution in [0, 0.1) is 5.92 Å². The minimum Gasteiger partial charge on any atom is -0.305 e. The number of hydrogen-bond donors (Lipinski definition) is 0. The van der Waals surface area contributed by atoms with Gasteiger partial charge in [-0.25, -0.2) is 0 Å². The first-order valence-electron chi connectivity index (χ1n) is 4.59. The summed E-state index contributed by atoms with van der Waals surface area (Å²) in [6, 6.07) is 0. The van der Waals surface area contributed by atoms with Gasteiger partial charge in [-0.05, 0) is 13.5 Å². The molecule has 0 aromatic heterocycles. The molecule has 12 heavy (non-hydrogen) atoms. The Morgan fingerprint density at radius 1 is 1.42 bits per heavy atom. The number of nitrogens with zero attached hydrogens (tertiary/aromatic N) is 1. The van der Waals surface area contributed by atoms with Crippen LogP contribution in [-0.2, 0) is 0 Å². The van der Waals surface area contributed by atoms with E-state index in [4.69, 9.17) is 0 Å². The van der Waals surface area contributed by atoms with E-state index in [-0.39, 0.29) is 0 Å². The molecule has 0 spiro atoms. The maximum Gasteiger partial charge on any atom is 0.00830 e. The lowest BCUT2D eigenvalue weighted by atomic mass is 10.1. The molecule has 2 aliphatic rings. The Balaban J connectivity index is 2.21. The van der Waals surface area contributed by atoms with Crippen molar-refractivity contribution >= 4 is 0 Å². The first kappa shape index (κ1) is 7.81. The highest BCUT2D eigenvalue weighted by Crippen LogP contribution is 2.18. The fourth-order valence-electron chi connectivity index (χ4n) is 1.82. The van der Waals surface area contributed by atoms with E-state index in [9.17, 15) is 0 Å². The molecule has 64 valence electrons. The highest BCUT2D eigenvalue weighted by atomic mass is 15.1. The topological polar surface area (TPSA) is 3.24 Å². The minimum atomic E-state index is 0.627. The van der Waals surface area contributed by atoms with Crippen LogP contribution in [0.3, 0.4) is 0 Å². The van der Waals surface area contributed by atoms with Gasteiger partial charge in [0, 0.05) is 19.0 Å². The van der Waals surface area contributed by atoms with Gasteiger partial charge in [-0.3, -0.25) is 0 Å². The van der Waals surface area contributed by atoms with Gasteiger partial charge in [0.15, 0.2) is 0 Å². The largest absolute Gasteiger partial charge is 0.305 e. The van der Waals surface area contributed by atoms with Crippen molar-refractivity contribution in [3.63, 3.8) is 0 Å². The second kappa shape index (κ2) is 3.28. The van der Waals surface area contributed by atoms with Gasteiger partial charge in [0.05, 0.1) is 0 Å². The van der Waals surface area contributed by atoms with Crippen LogP contribution in [0.15, 0.2) is 36.0 Å². The summed E-state index contributed by atoms with van der Waals surface area (Å²) in [5.74, 6) is 0.627. The fraction of sp³-hybridized carbons (Fsp3) is 0.455. The van der Waals surface area contributed by atoms with E-state index in [0.717, 1.165) is 0 Å². The SMILES string of the molecule is CN1CCC2=CC(C=CC=C2)C1. The molecule has 0 amide bonds. The van der Waals surface area contributed by atoms with Crippen molar-refractivity contribution in [2.45, 2.75) is 6.42 Å². The molecule has 0 aromatic carbocycles. The van der Waals surface area contributed by atoms with E-state index >= 15 is 0 Å². The molecule has 1 nitrogen and oxygen atoms in total. The summed E-state index contributed by atoms with van der Waals surface area (Å²) in [5, 5.41) is 0. The monoisotopic (exact) mass is 161 g/mol. The summed E-state index contributed by atoms with van der Waals surface area (Å²) in [6.45, 7) is 2.36. The Labute approximate surface area is 74.1 Å². The van der Waals surface area contributed by atoms with Crippen LogP contribution in [0.25, 0.3) is 0 Å². The van der Waals surface area contributed by atoms with Crippen LogP contribution in [0.5, 0.6) is 0 Å². The van der Waals surface area contributed by atoms with Crippen molar-refractivity contribution in [3.05, 3.63) is 36.0 Å². The molecule has 0 radical (unpaired) electrons. The van der Waals surface area contributed by atoms with E-state index in [1.807, 2.05) is 0 Å². The quantitative estimate of drug-likeness (QED) is 0.525. The van der Waals surface area contributed by atoms with Crippen LogP contribution in [0.4, 0.5) is 0 Å². The molecule has 0 saturated carbocycles. The second-order valence-corrected chi connectivity index (χ2v) is 3.66. The molecule has 0 fully saturated rings. The minimum absolute atomic E-state index is 0.627. The Hall–Kier alpha value is -0.820. The molecule has 1 aliphatic heterocycles. The van der Waals surface area contributed by atoms with E-state index in [0.29, 0.717) is 5.92 Å². The van der Waals surface area contributed by atoms with E-state index in [2.05, 4.69) is 42.3 Å². The summed E-state index contributed by atoms with van der Waals surface area (Å²) in [4.78, 5) is 2.40. The Kier molecular flexibility index (Phi) is 2.13. The molecule has 0 saturated heterocycles.